The SMILES string of the molecule is CC1=CC=CC(N(c2ccccc2)c2ccc(-c3ccc(N(c4ccccc4)c4cccc(C)c4)cc3)cc2)C1. The van der Waals surface area contributed by atoms with E-state index in [1.54, 1.807) is 0 Å². The number of allylic oxidation sites excluding steroid dienone is 2. The summed E-state index contributed by atoms with van der Waals surface area (Å²) in [5.41, 5.74) is 10.9. The van der Waals surface area contributed by atoms with Crippen molar-refractivity contribution in [2.24, 2.45) is 0 Å². The fourth-order valence-corrected chi connectivity index (χ4v) is 5.52. The molecule has 5 aromatic rings. The molecule has 0 bridgehead atoms. The molecule has 0 spiro atoms. The highest BCUT2D eigenvalue weighted by Gasteiger charge is 2.20. The van der Waals surface area contributed by atoms with Gasteiger partial charge in [-0.3, -0.25) is 0 Å². The van der Waals surface area contributed by atoms with Crippen LogP contribution in [0.3, 0.4) is 0 Å². The number of para-hydroxylation sites is 2. The molecule has 0 aromatic heterocycles. The van der Waals surface area contributed by atoms with Crippen LogP contribution in [0.25, 0.3) is 11.1 Å². The second-order valence-corrected chi connectivity index (χ2v) is 10.5. The molecule has 1 aliphatic carbocycles. The number of anilines is 5. The summed E-state index contributed by atoms with van der Waals surface area (Å²) in [4.78, 5) is 4.76. The monoisotopic (exact) mass is 518 g/mol. The van der Waals surface area contributed by atoms with Crippen molar-refractivity contribution in [2.75, 3.05) is 9.80 Å². The van der Waals surface area contributed by atoms with Gasteiger partial charge in [0.25, 0.3) is 0 Å². The van der Waals surface area contributed by atoms with Gasteiger partial charge < -0.3 is 9.80 Å². The minimum Gasteiger partial charge on any atom is -0.334 e. The lowest BCUT2D eigenvalue weighted by atomic mass is 9.98. The van der Waals surface area contributed by atoms with Crippen LogP contribution in [0.2, 0.25) is 0 Å². The summed E-state index contributed by atoms with van der Waals surface area (Å²) in [7, 11) is 0. The quantitative estimate of drug-likeness (QED) is 0.211. The molecule has 0 saturated heterocycles. The molecule has 0 radical (unpaired) electrons. The van der Waals surface area contributed by atoms with E-state index in [1.165, 1.54) is 33.6 Å². The van der Waals surface area contributed by atoms with Crippen LogP contribution in [0.1, 0.15) is 18.9 Å². The Kier molecular flexibility index (Phi) is 7.32. The Morgan fingerprint density at radius 1 is 0.525 bits per heavy atom. The Morgan fingerprint density at radius 3 is 1.65 bits per heavy atom. The van der Waals surface area contributed by atoms with Crippen LogP contribution in [0, 0.1) is 6.92 Å². The molecule has 5 aromatic carbocycles. The molecule has 1 aliphatic rings. The van der Waals surface area contributed by atoms with E-state index in [-0.39, 0.29) is 0 Å². The molecule has 0 aliphatic heterocycles. The Hall–Kier alpha value is -4.82. The van der Waals surface area contributed by atoms with Gasteiger partial charge >= 0.3 is 0 Å². The van der Waals surface area contributed by atoms with E-state index in [1.807, 2.05) is 0 Å². The summed E-state index contributed by atoms with van der Waals surface area (Å²) in [5.74, 6) is 0. The van der Waals surface area contributed by atoms with Gasteiger partial charge in [0.05, 0.1) is 6.04 Å². The van der Waals surface area contributed by atoms with Gasteiger partial charge in [-0.1, -0.05) is 96.6 Å². The van der Waals surface area contributed by atoms with Crippen LogP contribution in [0.5, 0.6) is 0 Å². The van der Waals surface area contributed by atoms with E-state index in [9.17, 15) is 0 Å². The molecule has 196 valence electrons. The van der Waals surface area contributed by atoms with Gasteiger partial charge in [0.15, 0.2) is 0 Å². The van der Waals surface area contributed by atoms with E-state index in [2.05, 4.69) is 175 Å². The third kappa shape index (κ3) is 5.48. The summed E-state index contributed by atoms with van der Waals surface area (Å²) in [6.45, 7) is 4.35. The normalized spacial score (nSPS) is 14.4. The van der Waals surface area contributed by atoms with Crippen molar-refractivity contribution < 1.29 is 0 Å². The largest absolute Gasteiger partial charge is 0.334 e. The molecule has 0 saturated carbocycles. The molecule has 2 nitrogen and oxygen atoms in total. The molecule has 1 atom stereocenters. The lowest BCUT2D eigenvalue weighted by molar-refractivity contribution is 0.757. The zero-order chi connectivity index (χ0) is 27.3. The summed E-state index contributed by atoms with van der Waals surface area (Å²) < 4.78 is 0. The van der Waals surface area contributed by atoms with Gasteiger partial charge in [-0.2, -0.15) is 0 Å². The molecule has 0 N–H and O–H groups in total. The van der Waals surface area contributed by atoms with Crippen molar-refractivity contribution in [2.45, 2.75) is 26.3 Å². The van der Waals surface area contributed by atoms with Crippen LogP contribution in [0.4, 0.5) is 28.4 Å². The first kappa shape index (κ1) is 25.5. The van der Waals surface area contributed by atoms with Gasteiger partial charge in [-0.15, -0.1) is 0 Å². The lowest BCUT2D eigenvalue weighted by Gasteiger charge is -2.33. The molecule has 0 fully saturated rings. The van der Waals surface area contributed by atoms with Crippen LogP contribution < -0.4 is 9.80 Å². The number of benzene rings is 5. The molecule has 40 heavy (non-hydrogen) atoms. The Bertz CT molecular complexity index is 1620. The van der Waals surface area contributed by atoms with Gasteiger partial charge in [-0.05, 0) is 97.6 Å². The Morgan fingerprint density at radius 2 is 1.05 bits per heavy atom. The van der Waals surface area contributed by atoms with E-state index in [0.29, 0.717) is 6.04 Å². The summed E-state index contributed by atoms with van der Waals surface area (Å²) in [6, 6.07) is 48.1. The first-order valence-electron chi connectivity index (χ1n) is 14.0. The van der Waals surface area contributed by atoms with E-state index in [0.717, 1.165) is 23.5 Å². The van der Waals surface area contributed by atoms with Crippen LogP contribution in [-0.2, 0) is 0 Å². The highest BCUT2D eigenvalue weighted by Crippen LogP contribution is 2.37. The van der Waals surface area contributed by atoms with Crippen molar-refractivity contribution in [3.8, 4) is 11.1 Å². The standard InChI is InChI=1S/C38H34N2/c1-29-11-9-17-37(27-29)39(33-13-5-3-6-14-33)35-23-19-31(20-24-35)32-21-25-36(26-22-32)40(34-15-7-4-8-16-34)38-18-10-12-30(2)28-38/h3-27,38H,28H2,1-2H3. The topological polar surface area (TPSA) is 6.48 Å². The van der Waals surface area contributed by atoms with Crippen molar-refractivity contribution in [1.82, 2.24) is 0 Å². The zero-order valence-electron chi connectivity index (χ0n) is 23.1. The lowest BCUT2D eigenvalue weighted by Crippen LogP contribution is -2.30. The first-order chi connectivity index (χ1) is 19.7. The Labute approximate surface area is 238 Å². The molecular weight excluding hydrogens is 484 g/mol. The van der Waals surface area contributed by atoms with E-state index in [4.69, 9.17) is 0 Å². The smallest absolute Gasteiger partial charge is 0.0562 e. The van der Waals surface area contributed by atoms with Crippen LogP contribution in [0.15, 0.2) is 157 Å². The average molecular weight is 519 g/mol. The highest BCUT2D eigenvalue weighted by atomic mass is 15.2. The highest BCUT2D eigenvalue weighted by molar-refractivity contribution is 5.79. The predicted molar refractivity (Wildman–Crippen MR) is 171 cm³/mol. The third-order valence-electron chi connectivity index (χ3n) is 7.49. The minimum atomic E-state index is 0.295. The number of hydrogen-bond donors (Lipinski definition) is 0. The molecule has 2 heteroatoms. The van der Waals surface area contributed by atoms with Crippen molar-refractivity contribution >= 4 is 28.4 Å². The van der Waals surface area contributed by atoms with Crippen LogP contribution >= 0.6 is 0 Å². The van der Waals surface area contributed by atoms with E-state index >= 15 is 0 Å². The number of hydrogen-bond acceptors (Lipinski definition) is 2. The minimum absolute atomic E-state index is 0.295. The molecule has 1 unspecified atom stereocenters. The summed E-state index contributed by atoms with van der Waals surface area (Å²) in [6.07, 6.45) is 7.72. The second kappa shape index (κ2) is 11.5. The zero-order valence-corrected chi connectivity index (χ0v) is 23.1. The van der Waals surface area contributed by atoms with Gasteiger partial charge in [-0.25, -0.2) is 0 Å². The number of nitrogens with zero attached hydrogens (tertiary/aromatic N) is 2. The number of rotatable bonds is 7. The van der Waals surface area contributed by atoms with Crippen molar-refractivity contribution in [3.05, 3.63) is 163 Å². The van der Waals surface area contributed by atoms with Gasteiger partial charge in [0.2, 0.25) is 0 Å². The molecule has 0 heterocycles. The number of aryl methyl sites for hydroxylation is 1. The second-order valence-electron chi connectivity index (χ2n) is 10.5. The fraction of sp³-hybridized carbons (Fsp3) is 0.105. The van der Waals surface area contributed by atoms with Crippen molar-refractivity contribution in [1.29, 1.82) is 0 Å². The third-order valence-corrected chi connectivity index (χ3v) is 7.49. The Balaban J connectivity index is 1.30. The van der Waals surface area contributed by atoms with E-state index < -0.39 is 0 Å². The van der Waals surface area contributed by atoms with Crippen LogP contribution in [-0.4, -0.2) is 6.04 Å². The summed E-state index contributed by atoms with van der Waals surface area (Å²) >= 11 is 0. The summed E-state index contributed by atoms with van der Waals surface area (Å²) in [5, 5.41) is 0. The van der Waals surface area contributed by atoms with Crippen molar-refractivity contribution in [3.63, 3.8) is 0 Å². The van der Waals surface area contributed by atoms with Gasteiger partial charge in [0, 0.05) is 28.4 Å². The maximum absolute atomic E-state index is 2.44. The average Bonchev–Trinajstić information content (AvgIpc) is 3.00. The predicted octanol–water partition coefficient (Wildman–Crippen LogP) is 10.5. The molecule has 0 amide bonds. The van der Waals surface area contributed by atoms with Gasteiger partial charge in [0.1, 0.15) is 0 Å². The first-order valence-corrected chi connectivity index (χ1v) is 14.0. The maximum atomic E-state index is 2.44. The fourth-order valence-electron chi connectivity index (χ4n) is 5.52. The molecule has 6 rings (SSSR count). The maximum Gasteiger partial charge on any atom is 0.0562 e. The molecular formula is C38H34N2.